The molecule has 0 bridgehead atoms. The topological polar surface area (TPSA) is 164 Å². The minimum atomic E-state index is -3.89. The van der Waals surface area contributed by atoms with Crippen LogP contribution in [0.25, 0.3) is 22.2 Å². The third kappa shape index (κ3) is 8.97. The van der Waals surface area contributed by atoms with E-state index in [2.05, 4.69) is 17.0 Å². The SMILES string of the molecule is COc1ccc2c(O[C@@H]3C[C@H]4C(=O)N[C@]5(C(=O)NS(=O)(=O)C6CC6)C[C@H]5C=CCCCCC[C@H](CC(=O)N5CCCC(C)C5)C(=O)N4C3)cc(-c3ccccc3)nc2c1. The van der Waals surface area contributed by atoms with Crippen molar-refractivity contribution >= 4 is 44.6 Å². The lowest BCUT2D eigenvalue weighted by Gasteiger charge is -2.33. The molecule has 314 valence electrons. The molecule has 0 radical (unpaired) electrons. The molecule has 59 heavy (non-hydrogen) atoms. The minimum absolute atomic E-state index is 0.0481. The van der Waals surface area contributed by atoms with Gasteiger partial charge in [0.05, 0.1) is 30.1 Å². The molecule has 14 heteroatoms. The summed E-state index contributed by atoms with van der Waals surface area (Å²) in [5.41, 5.74) is 0.728. The van der Waals surface area contributed by atoms with Crippen molar-refractivity contribution in [1.29, 1.82) is 0 Å². The van der Waals surface area contributed by atoms with Crippen molar-refractivity contribution in [3.63, 3.8) is 0 Å². The van der Waals surface area contributed by atoms with Gasteiger partial charge in [0, 0.05) is 60.8 Å². The smallest absolute Gasteiger partial charge is 0.259 e. The Bertz CT molecular complexity index is 2230. The number of allylic oxidation sites excluding steroid dienone is 1. The average molecular weight is 826 g/mol. The van der Waals surface area contributed by atoms with Gasteiger partial charge in [0.15, 0.2) is 0 Å². The molecule has 4 amide bonds. The van der Waals surface area contributed by atoms with Gasteiger partial charge >= 0.3 is 0 Å². The first-order chi connectivity index (χ1) is 28.4. The van der Waals surface area contributed by atoms with Crippen LogP contribution in [-0.4, -0.2) is 96.5 Å². The van der Waals surface area contributed by atoms with Crippen LogP contribution in [0, 0.1) is 17.8 Å². The number of carbonyl (C=O) groups excluding carboxylic acids is 4. The third-order valence-corrected chi connectivity index (χ3v) is 14.5. The summed E-state index contributed by atoms with van der Waals surface area (Å²) in [5, 5.41) is 3.08. The molecule has 6 atom stereocenters. The molecule has 3 aromatic rings. The van der Waals surface area contributed by atoms with Gasteiger partial charge in [-0.1, -0.05) is 62.2 Å². The highest BCUT2D eigenvalue weighted by Crippen LogP contribution is 2.46. The first kappa shape index (κ1) is 40.8. The molecule has 13 nitrogen and oxygen atoms in total. The van der Waals surface area contributed by atoms with Crippen molar-refractivity contribution < 1.29 is 37.1 Å². The van der Waals surface area contributed by atoms with Crippen molar-refractivity contribution in [3.8, 4) is 22.8 Å². The number of likely N-dealkylation sites (tertiary alicyclic amines) is 1. The molecule has 2 N–H and O–H groups in total. The number of aromatic nitrogens is 1. The second-order valence-corrected chi connectivity index (χ2v) is 19.2. The van der Waals surface area contributed by atoms with E-state index in [1.54, 1.807) is 12.0 Å². The van der Waals surface area contributed by atoms with Gasteiger partial charge in [-0.25, -0.2) is 13.4 Å². The van der Waals surface area contributed by atoms with E-state index in [1.165, 1.54) is 0 Å². The van der Waals surface area contributed by atoms with E-state index in [9.17, 15) is 27.6 Å². The fraction of sp³-hybridized carbons (Fsp3) is 0.533. The molecule has 0 spiro atoms. The predicted molar refractivity (Wildman–Crippen MR) is 223 cm³/mol. The van der Waals surface area contributed by atoms with E-state index in [4.69, 9.17) is 14.5 Å². The maximum Gasteiger partial charge on any atom is 0.259 e. The first-order valence-corrected chi connectivity index (χ1v) is 22.8. The van der Waals surface area contributed by atoms with Crippen molar-refractivity contribution in [2.45, 2.75) is 107 Å². The second kappa shape index (κ2) is 16.9. The standard InChI is InChI=1S/C45H55N5O8S/c1-29-12-11-21-49(27-29)41(51)22-31-15-7-4-3-5-10-16-32-26-45(32,44(54)48-59(55,56)35-18-19-35)47-42(52)39-24-34(28-50(39)43(31)53)58-40-25-37(30-13-8-6-9-14-30)46-38-23-33(57-2)17-20-36(38)40/h6,8-10,13-14,16-17,20,23,25,29,31-32,34-35,39H,3-5,7,11-12,15,18-19,21-22,24,26-28H2,1-2H3,(H,47,52)(H,48,54)/t29?,31-,32-,34-,39+,45-/m1/s1. The summed E-state index contributed by atoms with van der Waals surface area (Å²) in [4.78, 5) is 65.6. The first-order valence-electron chi connectivity index (χ1n) is 21.3. The zero-order valence-corrected chi connectivity index (χ0v) is 34.8. The molecule has 3 aliphatic heterocycles. The molecule has 2 aliphatic carbocycles. The Labute approximate surface area is 346 Å². The second-order valence-electron chi connectivity index (χ2n) is 17.2. The number of sulfonamides is 1. The van der Waals surface area contributed by atoms with Gasteiger partial charge in [0.1, 0.15) is 29.2 Å². The van der Waals surface area contributed by atoms with Crippen LogP contribution in [0.5, 0.6) is 11.5 Å². The summed E-state index contributed by atoms with van der Waals surface area (Å²) in [6.45, 7) is 3.54. The Morgan fingerprint density at radius 1 is 0.983 bits per heavy atom. The number of carbonyl (C=O) groups is 4. The highest BCUT2D eigenvalue weighted by molar-refractivity contribution is 7.91. The lowest BCUT2D eigenvalue weighted by atomic mass is 9.93. The predicted octanol–water partition coefficient (Wildman–Crippen LogP) is 5.53. The molecular formula is C45H55N5O8S. The molecule has 2 saturated heterocycles. The van der Waals surface area contributed by atoms with Crippen LogP contribution in [0.4, 0.5) is 0 Å². The number of amides is 4. The van der Waals surface area contributed by atoms with Crippen molar-refractivity contribution in [2.24, 2.45) is 17.8 Å². The maximum atomic E-state index is 14.9. The number of ether oxygens (including phenoxy) is 2. The fourth-order valence-corrected chi connectivity index (χ4v) is 10.4. The van der Waals surface area contributed by atoms with E-state index in [0.29, 0.717) is 61.0 Å². The van der Waals surface area contributed by atoms with Crippen molar-refractivity contribution in [1.82, 2.24) is 24.8 Å². The van der Waals surface area contributed by atoms with Gasteiger partial charge < -0.3 is 24.6 Å². The fourth-order valence-electron chi connectivity index (χ4n) is 9.07. The highest BCUT2D eigenvalue weighted by atomic mass is 32.2. The van der Waals surface area contributed by atoms with Crippen LogP contribution in [0.15, 0.2) is 66.7 Å². The molecule has 5 aliphatic rings. The molecule has 8 rings (SSSR count). The molecule has 4 heterocycles. The zero-order chi connectivity index (χ0) is 41.3. The Hall–Kier alpha value is -4.98. The van der Waals surface area contributed by atoms with Crippen LogP contribution >= 0.6 is 0 Å². The number of methoxy groups -OCH3 is 1. The maximum absolute atomic E-state index is 14.9. The largest absolute Gasteiger partial charge is 0.497 e. The number of pyridine rings is 1. The quantitative estimate of drug-likeness (QED) is 0.264. The molecule has 4 fully saturated rings. The van der Waals surface area contributed by atoms with Crippen molar-refractivity contribution in [2.75, 3.05) is 26.7 Å². The summed E-state index contributed by atoms with van der Waals surface area (Å²) >= 11 is 0. The Kier molecular flexibility index (Phi) is 11.7. The summed E-state index contributed by atoms with van der Waals surface area (Å²) in [6.07, 6.45) is 10.3. The zero-order valence-electron chi connectivity index (χ0n) is 33.9. The molecule has 2 saturated carbocycles. The van der Waals surface area contributed by atoms with Gasteiger partial charge in [-0.15, -0.1) is 0 Å². The highest BCUT2D eigenvalue weighted by Gasteiger charge is 2.62. The number of hydrogen-bond acceptors (Lipinski definition) is 9. The number of fused-ring (bicyclic) bond motifs is 3. The monoisotopic (exact) mass is 825 g/mol. The Morgan fingerprint density at radius 3 is 2.56 bits per heavy atom. The number of hydrogen-bond donors (Lipinski definition) is 2. The lowest BCUT2D eigenvalue weighted by Crippen LogP contribution is -2.57. The summed E-state index contributed by atoms with van der Waals surface area (Å²) in [5.74, 6) is -1.17. The van der Waals surface area contributed by atoms with Crippen molar-refractivity contribution in [3.05, 3.63) is 66.7 Å². The molecule has 2 aromatic carbocycles. The van der Waals surface area contributed by atoms with E-state index in [0.717, 1.165) is 49.5 Å². The van der Waals surface area contributed by atoms with Gasteiger partial charge in [0.25, 0.3) is 5.91 Å². The van der Waals surface area contributed by atoms with E-state index in [1.807, 2.05) is 71.6 Å². The third-order valence-electron chi connectivity index (χ3n) is 12.7. The number of piperidine rings is 1. The van der Waals surface area contributed by atoms with E-state index < -0.39 is 56.6 Å². The summed E-state index contributed by atoms with van der Waals surface area (Å²) in [7, 11) is -2.29. The Balaban J connectivity index is 1.12. The van der Waals surface area contributed by atoms with Gasteiger partial charge in [-0.2, -0.15) is 0 Å². The van der Waals surface area contributed by atoms with Crippen LogP contribution in [0.1, 0.15) is 84.0 Å². The van der Waals surface area contributed by atoms with Crippen LogP contribution < -0.4 is 19.5 Å². The molecule has 1 unspecified atom stereocenters. The average Bonchev–Trinajstić information content (AvgIpc) is 4.16. The summed E-state index contributed by atoms with van der Waals surface area (Å²) < 4.78 is 40.5. The van der Waals surface area contributed by atoms with Crippen LogP contribution in [0.3, 0.4) is 0 Å². The normalized spacial score (nSPS) is 27.8. The summed E-state index contributed by atoms with van der Waals surface area (Å²) in [6, 6.07) is 16.1. The number of benzene rings is 2. The van der Waals surface area contributed by atoms with Crippen LogP contribution in [0.2, 0.25) is 0 Å². The Morgan fingerprint density at radius 2 is 1.80 bits per heavy atom. The number of nitrogens with zero attached hydrogens (tertiary/aromatic N) is 3. The van der Waals surface area contributed by atoms with Crippen LogP contribution in [-0.2, 0) is 29.2 Å². The molecular weight excluding hydrogens is 771 g/mol. The minimum Gasteiger partial charge on any atom is -0.497 e. The molecule has 1 aromatic heterocycles. The van der Waals surface area contributed by atoms with Gasteiger partial charge in [0.2, 0.25) is 27.7 Å². The number of nitrogens with one attached hydrogen (secondary N) is 2. The lowest BCUT2D eigenvalue weighted by molar-refractivity contribution is -0.146. The van der Waals surface area contributed by atoms with Gasteiger partial charge in [-0.3, -0.25) is 23.9 Å². The van der Waals surface area contributed by atoms with Gasteiger partial charge in [-0.05, 0) is 69.4 Å². The van der Waals surface area contributed by atoms with E-state index >= 15 is 0 Å². The van der Waals surface area contributed by atoms with E-state index in [-0.39, 0.29) is 37.6 Å². The number of rotatable bonds is 9.